The van der Waals surface area contributed by atoms with Gasteiger partial charge in [0, 0.05) is 12.1 Å². The topological polar surface area (TPSA) is 24.5 Å². The summed E-state index contributed by atoms with van der Waals surface area (Å²) in [6.45, 7) is 3.26. The molecule has 0 spiro atoms. The van der Waals surface area contributed by atoms with Gasteiger partial charge in [-0.3, -0.25) is 4.84 Å². The zero-order valence-electron chi connectivity index (χ0n) is 8.46. The lowest BCUT2D eigenvalue weighted by atomic mass is 10.2. The molecule has 0 fully saturated rings. The number of nitrogens with zero attached hydrogens (tertiary/aromatic N) is 1. The number of hydroxylamine groups is 1. The molecule has 0 aliphatic rings. The van der Waals surface area contributed by atoms with Crippen LogP contribution in [0, 0.1) is 0 Å². The Kier molecular flexibility index (Phi) is 4.90. The first kappa shape index (κ1) is 11.5. The molecular weight excluding hydrogens is 200 g/mol. The lowest BCUT2D eigenvalue weighted by Gasteiger charge is -2.19. The molecule has 1 aromatic rings. The zero-order valence-corrected chi connectivity index (χ0v) is 9.21. The number of nitrogens with one attached hydrogen (secondary N) is 1. The average Bonchev–Trinajstić information content (AvgIpc) is 2.17. The quantitative estimate of drug-likeness (QED) is 0.761. The SMILES string of the molecule is CCON(Cc1cccc(Cl)c1)NC. The van der Waals surface area contributed by atoms with Crippen LogP contribution in [-0.2, 0) is 11.4 Å². The van der Waals surface area contributed by atoms with Gasteiger partial charge in [-0.05, 0) is 24.6 Å². The van der Waals surface area contributed by atoms with E-state index in [2.05, 4.69) is 5.43 Å². The minimum atomic E-state index is 0.640. The molecule has 0 aliphatic carbocycles. The Hall–Kier alpha value is -0.610. The van der Waals surface area contributed by atoms with E-state index in [0.29, 0.717) is 13.2 Å². The minimum Gasteiger partial charge on any atom is -0.284 e. The molecule has 0 saturated carbocycles. The van der Waals surface area contributed by atoms with Crippen molar-refractivity contribution in [3.63, 3.8) is 0 Å². The Labute approximate surface area is 89.5 Å². The van der Waals surface area contributed by atoms with Gasteiger partial charge in [0.25, 0.3) is 0 Å². The van der Waals surface area contributed by atoms with Crippen LogP contribution in [0.5, 0.6) is 0 Å². The third kappa shape index (κ3) is 3.64. The van der Waals surface area contributed by atoms with Gasteiger partial charge in [-0.25, -0.2) is 5.43 Å². The van der Waals surface area contributed by atoms with Crippen LogP contribution in [0.4, 0.5) is 0 Å². The summed E-state index contributed by atoms with van der Waals surface area (Å²) in [6, 6.07) is 7.72. The van der Waals surface area contributed by atoms with E-state index in [1.54, 1.807) is 5.17 Å². The van der Waals surface area contributed by atoms with Crippen molar-refractivity contribution in [3.05, 3.63) is 34.9 Å². The molecule has 0 bridgehead atoms. The molecule has 0 unspecified atom stereocenters. The first-order valence-electron chi connectivity index (χ1n) is 4.58. The molecule has 0 heterocycles. The molecule has 0 aliphatic heterocycles. The highest BCUT2D eigenvalue weighted by atomic mass is 35.5. The van der Waals surface area contributed by atoms with Gasteiger partial charge in [-0.1, -0.05) is 23.7 Å². The van der Waals surface area contributed by atoms with Crippen LogP contribution < -0.4 is 5.43 Å². The molecule has 4 heteroatoms. The van der Waals surface area contributed by atoms with Gasteiger partial charge >= 0.3 is 0 Å². The number of hydrazine groups is 1. The van der Waals surface area contributed by atoms with E-state index in [1.165, 1.54) is 0 Å². The highest BCUT2D eigenvalue weighted by Gasteiger charge is 2.02. The summed E-state index contributed by atoms with van der Waals surface area (Å²) >= 11 is 5.87. The third-order valence-corrected chi connectivity index (χ3v) is 1.98. The van der Waals surface area contributed by atoms with Crippen molar-refractivity contribution in [2.24, 2.45) is 0 Å². The standard InChI is InChI=1S/C10H15ClN2O/c1-3-14-13(12-2)8-9-5-4-6-10(11)7-9/h4-7,12H,3,8H2,1-2H3. The van der Waals surface area contributed by atoms with Crippen LogP contribution in [0.1, 0.15) is 12.5 Å². The maximum absolute atomic E-state index is 5.87. The van der Waals surface area contributed by atoms with E-state index in [-0.39, 0.29) is 0 Å². The van der Waals surface area contributed by atoms with Crippen molar-refractivity contribution < 1.29 is 4.84 Å². The number of halogens is 1. The summed E-state index contributed by atoms with van der Waals surface area (Å²) in [7, 11) is 1.82. The Bertz CT molecular complexity index is 281. The van der Waals surface area contributed by atoms with Gasteiger partial charge in [0.15, 0.2) is 0 Å². The minimum absolute atomic E-state index is 0.640. The second kappa shape index (κ2) is 5.98. The van der Waals surface area contributed by atoms with Crippen LogP contribution in [-0.4, -0.2) is 18.8 Å². The van der Waals surface area contributed by atoms with Gasteiger partial charge in [0.1, 0.15) is 0 Å². The molecule has 1 N–H and O–H groups in total. The molecule has 1 rings (SSSR count). The molecule has 14 heavy (non-hydrogen) atoms. The van der Waals surface area contributed by atoms with Crippen molar-refractivity contribution in [1.82, 2.24) is 10.6 Å². The highest BCUT2D eigenvalue weighted by Crippen LogP contribution is 2.11. The molecule has 0 radical (unpaired) electrons. The number of benzene rings is 1. The van der Waals surface area contributed by atoms with E-state index < -0.39 is 0 Å². The summed E-state index contributed by atoms with van der Waals surface area (Å²) in [5.74, 6) is 0. The molecule has 3 nitrogen and oxygen atoms in total. The Morgan fingerprint density at radius 1 is 1.50 bits per heavy atom. The Morgan fingerprint density at radius 3 is 2.86 bits per heavy atom. The second-order valence-electron chi connectivity index (χ2n) is 2.81. The maximum Gasteiger partial charge on any atom is 0.0673 e. The smallest absolute Gasteiger partial charge is 0.0673 e. The number of hydrogen-bond acceptors (Lipinski definition) is 3. The lowest BCUT2D eigenvalue weighted by Crippen LogP contribution is -2.34. The van der Waals surface area contributed by atoms with Crippen molar-refractivity contribution >= 4 is 11.6 Å². The van der Waals surface area contributed by atoms with Crippen molar-refractivity contribution in [2.75, 3.05) is 13.7 Å². The van der Waals surface area contributed by atoms with Crippen molar-refractivity contribution in [3.8, 4) is 0 Å². The highest BCUT2D eigenvalue weighted by molar-refractivity contribution is 6.30. The van der Waals surface area contributed by atoms with Crippen LogP contribution in [0.25, 0.3) is 0 Å². The Balaban J connectivity index is 2.57. The lowest BCUT2D eigenvalue weighted by molar-refractivity contribution is -0.194. The van der Waals surface area contributed by atoms with Crippen LogP contribution >= 0.6 is 11.6 Å². The van der Waals surface area contributed by atoms with Crippen LogP contribution in [0.15, 0.2) is 24.3 Å². The summed E-state index contributed by atoms with van der Waals surface area (Å²) in [6.07, 6.45) is 0. The fraction of sp³-hybridized carbons (Fsp3) is 0.400. The van der Waals surface area contributed by atoms with Gasteiger partial charge in [-0.2, -0.15) is 0 Å². The molecule has 1 aromatic carbocycles. The van der Waals surface area contributed by atoms with Gasteiger partial charge in [0.05, 0.1) is 13.2 Å². The van der Waals surface area contributed by atoms with Gasteiger partial charge < -0.3 is 0 Å². The molecule has 0 amide bonds. The Morgan fingerprint density at radius 2 is 2.29 bits per heavy atom. The molecule has 0 aromatic heterocycles. The molecular formula is C10H15ClN2O. The predicted octanol–water partition coefficient (Wildman–Crippen LogP) is 2.23. The predicted molar refractivity (Wildman–Crippen MR) is 57.7 cm³/mol. The average molecular weight is 215 g/mol. The summed E-state index contributed by atoms with van der Waals surface area (Å²) < 4.78 is 0. The fourth-order valence-electron chi connectivity index (χ4n) is 1.15. The number of rotatable bonds is 5. The van der Waals surface area contributed by atoms with Crippen molar-refractivity contribution in [2.45, 2.75) is 13.5 Å². The third-order valence-electron chi connectivity index (χ3n) is 1.75. The normalized spacial score (nSPS) is 10.9. The molecule has 0 atom stereocenters. The first-order chi connectivity index (χ1) is 6.76. The van der Waals surface area contributed by atoms with Crippen LogP contribution in [0.2, 0.25) is 5.02 Å². The molecule has 0 saturated heterocycles. The largest absolute Gasteiger partial charge is 0.284 e. The van der Waals surface area contributed by atoms with Crippen LogP contribution in [0.3, 0.4) is 0 Å². The molecule has 78 valence electrons. The fourth-order valence-corrected chi connectivity index (χ4v) is 1.36. The van der Waals surface area contributed by atoms with Crippen molar-refractivity contribution in [1.29, 1.82) is 0 Å². The summed E-state index contributed by atoms with van der Waals surface area (Å²) in [5, 5.41) is 2.42. The number of hydrogen-bond donors (Lipinski definition) is 1. The van der Waals surface area contributed by atoms with E-state index in [4.69, 9.17) is 16.4 Å². The summed E-state index contributed by atoms with van der Waals surface area (Å²) in [5.41, 5.74) is 4.05. The maximum atomic E-state index is 5.87. The van der Waals surface area contributed by atoms with E-state index in [0.717, 1.165) is 10.6 Å². The van der Waals surface area contributed by atoms with E-state index in [9.17, 15) is 0 Å². The monoisotopic (exact) mass is 214 g/mol. The van der Waals surface area contributed by atoms with E-state index in [1.807, 2.05) is 38.2 Å². The first-order valence-corrected chi connectivity index (χ1v) is 4.96. The zero-order chi connectivity index (χ0) is 10.4. The summed E-state index contributed by atoms with van der Waals surface area (Å²) in [4.78, 5) is 5.31. The van der Waals surface area contributed by atoms with E-state index >= 15 is 0 Å². The van der Waals surface area contributed by atoms with Gasteiger partial charge in [-0.15, -0.1) is 5.17 Å². The van der Waals surface area contributed by atoms with Gasteiger partial charge in [0.2, 0.25) is 0 Å². The second-order valence-corrected chi connectivity index (χ2v) is 3.24.